The number of sulfone groups is 1. The first-order chi connectivity index (χ1) is 12.2. The van der Waals surface area contributed by atoms with Gasteiger partial charge in [-0.1, -0.05) is 17.7 Å². The fraction of sp³-hybridized carbons (Fsp3) is 0.235. The number of nitrogens with one attached hydrogen (secondary N) is 2. The van der Waals surface area contributed by atoms with Gasteiger partial charge >= 0.3 is 0 Å². The van der Waals surface area contributed by atoms with Crippen LogP contribution in [-0.2, 0) is 9.84 Å². The number of aryl methyl sites for hydroxylation is 1. The first-order valence-electron chi connectivity index (χ1n) is 7.76. The standard InChI is InChI=1S/C17H19N3O5S/c1-12-3-5-13(6-4-12)17(21)19-10-9-18-15-8-7-14(26(2,24)25)11-16(15)20(22)23/h3-8,11,18H,9-10H2,1-2H3,(H,19,21). The first-order valence-corrected chi connectivity index (χ1v) is 9.65. The van der Waals surface area contributed by atoms with Gasteiger partial charge in [-0.15, -0.1) is 0 Å². The fourth-order valence-corrected chi connectivity index (χ4v) is 2.86. The van der Waals surface area contributed by atoms with Crippen LogP contribution in [0.4, 0.5) is 11.4 Å². The predicted octanol–water partition coefficient (Wildman–Crippen LogP) is 2.15. The van der Waals surface area contributed by atoms with Crippen molar-refractivity contribution < 1.29 is 18.1 Å². The molecule has 0 aliphatic heterocycles. The Hall–Kier alpha value is -2.94. The van der Waals surface area contributed by atoms with E-state index in [0.29, 0.717) is 5.56 Å². The lowest BCUT2D eigenvalue weighted by Crippen LogP contribution is -2.28. The highest BCUT2D eigenvalue weighted by atomic mass is 32.2. The lowest BCUT2D eigenvalue weighted by atomic mass is 10.1. The van der Waals surface area contributed by atoms with Crippen molar-refractivity contribution in [1.82, 2.24) is 5.32 Å². The molecule has 26 heavy (non-hydrogen) atoms. The Morgan fingerprint density at radius 2 is 1.77 bits per heavy atom. The number of carbonyl (C=O) groups is 1. The minimum atomic E-state index is -3.53. The lowest BCUT2D eigenvalue weighted by Gasteiger charge is -2.09. The molecule has 0 heterocycles. The van der Waals surface area contributed by atoms with Crippen molar-refractivity contribution >= 4 is 27.1 Å². The van der Waals surface area contributed by atoms with Crippen molar-refractivity contribution in [2.45, 2.75) is 11.8 Å². The molecular weight excluding hydrogens is 358 g/mol. The summed E-state index contributed by atoms with van der Waals surface area (Å²) in [6.07, 6.45) is 0.986. The van der Waals surface area contributed by atoms with Gasteiger partial charge in [0.1, 0.15) is 5.69 Å². The lowest BCUT2D eigenvalue weighted by molar-refractivity contribution is -0.384. The van der Waals surface area contributed by atoms with Crippen LogP contribution in [0.15, 0.2) is 47.4 Å². The van der Waals surface area contributed by atoms with E-state index in [2.05, 4.69) is 10.6 Å². The highest BCUT2D eigenvalue weighted by molar-refractivity contribution is 7.90. The molecule has 0 bridgehead atoms. The van der Waals surface area contributed by atoms with Gasteiger partial charge in [-0.2, -0.15) is 0 Å². The summed E-state index contributed by atoms with van der Waals surface area (Å²) >= 11 is 0. The van der Waals surface area contributed by atoms with E-state index in [1.165, 1.54) is 12.1 Å². The number of anilines is 1. The van der Waals surface area contributed by atoms with Crippen molar-refractivity contribution in [2.24, 2.45) is 0 Å². The number of benzene rings is 2. The van der Waals surface area contributed by atoms with Gasteiger partial charge in [-0.05, 0) is 31.2 Å². The quantitative estimate of drug-likeness (QED) is 0.434. The summed E-state index contributed by atoms with van der Waals surface area (Å²) in [5.41, 5.74) is 1.43. The third-order valence-corrected chi connectivity index (χ3v) is 4.74. The maximum absolute atomic E-state index is 12.0. The second-order valence-corrected chi connectivity index (χ2v) is 7.77. The second kappa shape index (κ2) is 7.96. The Kier molecular flexibility index (Phi) is 5.93. The number of rotatable bonds is 7. The summed E-state index contributed by atoms with van der Waals surface area (Å²) in [6.45, 7) is 2.42. The van der Waals surface area contributed by atoms with E-state index >= 15 is 0 Å². The van der Waals surface area contributed by atoms with Gasteiger partial charge in [-0.25, -0.2) is 8.42 Å². The molecule has 0 saturated heterocycles. The van der Waals surface area contributed by atoms with E-state index in [1.807, 2.05) is 19.1 Å². The van der Waals surface area contributed by atoms with Crippen molar-refractivity contribution in [3.63, 3.8) is 0 Å². The van der Waals surface area contributed by atoms with Gasteiger partial charge < -0.3 is 10.6 Å². The molecule has 0 aliphatic rings. The van der Waals surface area contributed by atoms with Gasteiger partial charge in [-0.3, -0.25) is 14.9 Å². The molecule has 0 radical (unpaired) electrons. The van der Waals surface area contributed by atoms with Crippen LogP contribution in [0, 0.1) is 17.0 Å². The molecule has 1 amide bonds. The molecule has 0 saturated carbocycles. The molecule has 0 fully saturated rings. The zero-order valence-electron chi connectivity index (χ0n) is 14.4. The molecule has 138 valence electrons. The molecule has 2 aromatic carbocycles. The number of hydrogen-bond acceptors (Lipinski definition) is 6. The van der Waals surface area contributed by atoms with E-state index in [1.54, 1.807) is 12.1 Å². The van der Waals surface area contributed by atoms with Crippen LogP contribution in [0.2, 0.25) is 0 Å². The van der Waals surface area contributed by atoms with Crippen molar-refractivity contribution in [3.05, 3.63) is 63.7 Å². The van der Waals surface area contributed by atoms with E-state index in [-0.39, 0.29) is 35.3 Å². The van der Waals surface area contributed by atoms with Gasteiger partial charge in [0, 0.05) is 31.0 Å². The molecule has 2 N–H and O–H groups in total. The Morgan fingerprint density at radius 3 is 2.35 bits per heavy atom. The van der Waals surface area contributed by atoms with E-state index < -0.39 is 14.8 Å². The van der Waals surface area contributed by atoms with Gasteiger partial charge in [0.2, 0.25) is 0 Å². The van der Waals surface area contributed by atoms with Crippen LogP contribution < -0.4 is 10.6 Å². The summed E-state index contributed by atoms with van der Waals surface area (Å²) in [5, 5.41) is 16.7. The van der Waals surface area contributed by atoms with E-state index in [0.717, 1.165) is 17.9 Å². The number of amides is 1. The number of nitrogens with zero attached hydrogens (tertiary/aromatic N) is 1. The number of hydrogen-bond donors (Lipinski definition) is 2. The minimum Gasteiger partial charge on any atom is -0.378 e. The summed E-state index contributed by atoms with van der Waals surface area (Å²) in [7, 11) is -3.53. The van der Waals surface area contributed by atoms with Crippen molar-refractivity contribution in [2.75, 3.05) is 24.7 Å². The SMILES string of the molecule is Cc1ccc(C(=O)NCCNc2ccc(S(C)(=O)=O)cc2[N+](=O)[O-])cc1. The molecule has 2 rings (SSSR count). The molecule has 0 unspecified atom stereocenters. The molecule has 0 aromatic heterocycles. The monoisotopic (exact) mass is 377 g/mol. The average Bonchev–Trinajstić information content (AvgIpc) is 2.58. The van der Waals surface area contributed by atoms with Crippen LogP contribution in [0.3, 0.4) is 0 Å². The van der Waals surface area contributed by atoms with Crippen LogP contribution in [0.1, 0.15) is 15.9 Å². The smallest absolute Gasteiger partial charge is 0.293 e. The zero-order valence-corrected chi connectivity index (χ0v) is 15.2. The Bertz CT molecular complexity index is 924. The van der Waals surface area contributed by atoms with Crippen LogP contribution in [0.5, 0.6) is 0 Å². The maximum atomic E-state index is 12.0. The van der Waals surface area contributed by atoms with Crippen molar-refractivity contribution in [1.29, 1.82) is 0 Å². The van der Waals surface area contributed by atoms with Crippen LogP contribution in [0.25, 0.3) is 0 Å². The van der Waals surface area contributed by atoms with E-state index in [4.69, 9.17) is 0 Å². The maximum Gasteiger partial charge on any atom is 0.293 e. The molecular formula is C17H19N3O5S. The molecule has 9 heteroatoms. The Labute approximate surface area is 151 Å². The minimum absolute atomic E-state index is 0.123. The number of nitro benzene ring substituents is 1. The second-order valence-electron chi connectivity index (χ2n) is 5.76. The largest absolute Gasteiger partial charge is 0.378 e. The fourth-order valence-electron chi connectivity index (χ4n) is 2.22. The molecule has 0 atom stereocenters. The van der Waals surface area contributed by atoms with Gasteiger partial charge in [0.15, 0.2) is 9.84 Å². The molecule has 0 aliphatic carbocycles. The van der Waals surface area contributed by atoms with Crippen LogP contribution >= 0.6 is 0 Å². The van der Waals surface area contributed by atoms with Crippen molar-refractivity contribution in [3.8, 4) is 0 Å². The normalized spacial score (nSPS) is 11.0. The van der Waals surface area contributed by atoms with Gasteiger partial charge in [0.05, 0.1) is 9.82 Å². The first kappa shape index (κ1) is 19.4. The predicted molar refractivity (Wildman–Crippen MR) is 98.2 cm³/mol. The highest BCUT2D eigenvalue weighted by Crippen LogP contribution is 2.27. The highest BCUT2D eigenvalue weighted by Gasteiger charge is 2.18. The molecule has 0 spiro atoms. The summed E-state index contributed by atoms with van der Waals surface area (Å²) in [4.78, 5) is 22.4. The number of carbonyl (C=O) groups excluding carboxylic acids is 1. The Balaban J connectivity index is 1.98. The summed E-state index contributed by atoms with van der Waals surface area (Å²) in [6, 6.07) is 10.8. The summed E-state index contributed by atoms with van der Waals surface area (Å²) in [5.74, 6) is -0.242. The van der Waals surface area contributed by atoms with Crippen LogP contribution in [-0.4, -0.2) is 38.6 Å². The molecule has 2 aromatic rings. The third-order valence-electron chi connectivity index (χ3n) is 3.63. The summed E-state index contributed by atoms with van der Waals surface area (Å²) < 4.78 is 23.0. The van der Waals surface area contributed by atoms with Gasteiger partial charge in [0.25, 0.3) is 11.6 Å². The third kappa shape index (κ3) is 5.03. The topological polar surface area (TPSA) is 118 Å². The Morgan fingerprint density at radius 1 is 1.12 bits per heavy atom. The molecule has 8 nitrogen and oxygen atoms in total. The average molecular weight is 377 g/mol. The van der Waals surface area contributed by atoms with E-state index in [9.17, 15) is 23.3 Å². The zero-order chi connectivity index (χ0) is 19.3. The number of nitro groups is 1.